The number of fused-ring (bicyclic) bond motifs is 1. The molecule has 0 spiro atoms. The Balaban J connectivity index is 1.58. The van der Waals surface area contributed by atoms with E-state index < -0.39 is 0 Å². The molecule has 1 aliphatic heterocycles. The highest BCUT2D eigenvalue weighted by Crippen LogP contribution is 2.30. The lowest BCUT2D eigenvalue weighted by molar-refractivity contribution is -0.135. The van der Waals surface area contributed by atoms with Gasteiger partial charge in [0, 0.05) is 30.6 Å². The molecule has 0 aliphatic carbocycles. The second-order valence-electron chi connectivity index (χ2n) is 8.02. The summed E-state index contributed by atoms with van der Waals surface area (Å²) in [5.41, 5.74) is 5.90. The van der Waals surface area contributed by atoms with Crippen LogP contribution in [0.5, 0.6) is 0 Å². The molecule has 0 radical (unpaired) electrons. The van der Waals surface area contributed by atoms with Crippen molar-refractivity contribution in [1.29, 1.82) is 0 Å². The molecule has 1 aliphatic rings. The quantitative estimate of drug-likeness (QED) is 0.614. The third kappa shape index (κ3) is 3.80. The van der Waals surface area contributed by atoms with Crippen molar-refractivity contribution in [2.24, 2.45) is 5.92 Å². The maximum Gasteiger partial charge on any atom is 0.225 e. The van der Waals surface area contributed by atoms with Crippen LogP contribution >= 0.6 is 0 Å². The van der Waals surface area contributed by atoms with Gasteiger partial charge in [-0.2, -0.15) is 0 Å². The molecule has 1 saturated heterocycles. The number of rotatable bonds is 4. The highest BCUT2D eigenvalue weighted by molar-refractivity contribution is 5.95. The van der Waals surface area contributed by atoms with Crippen molar-refractivity contribution in [2.45, 2.75) is 39.5 Å². The summed E-state index contributed by atoms with van der Waals surface area (Å²) in [7, 11) is 0. The molecule has 3 nitrogen and oxygen atoms in total. The van der Waals surface area contributed by atoms with Crippen molar-refractivity contribution in [2.75, 3.05) is 13.1 Å². The van der Waals surface area contributed by atoms with Crippen LogP contribution in [0.15, 0.2) is 54.7 Å². The number of aryl methyl sites for hydroxylation is 1. The molecule has 1 aromatic heterocycles. The molecule has 3 heteroatoms. The smallest absolute Gasteiger partial charge is 0.225 e. The Morgan fingerprint density at radius 1 is 1.04 bits per heavy atom. The minimum Gasteiger partial charge on any atom is -0.342 e. The number of carbonyl (C=O) groups excluding carboxylic acids is 1. The Kier molecular flexibility index (Phi) is 5.43. The van der Waals surface area contributed by atoms with Crippen LogP contribution in [-0.4, -0.2) is 28.9 Å². The fourth-order valence-electron chi connectivity index (χ4n) is 4.30. The second kappa shape index (κ2) is 8.14. The summed E-state index contributed by atoms with van der Waals surface area (Å²) in [6.45, 7) is 6.03. The van der Waals surface area contributed by atoms with E-state index in [9.17, 15) is 4.79 Å². The predicted molar refractivity (Wildman–Crippen MR) is 115 cm³/mol. The normalized spacial score (nSPS) is 15.6. The number of nitrogens with zero attached hydrogens (tertiary/aromatic N) is 2. The highest BCUT2D eigenvalue weighted by Gasteiger charge is 2.22. The number of amides is 1. The molecule has 0 unspecified atom stereocenters. The largest absolute Gasteiger partial charge is 0.342 e. The number of pyridine rings is 1. The summed E-state index contributed by atoms with van der Waals surface area (Å²) in [5, 5.41) is 1.16. The molecule has 3 aromatic rings. The Morgan fingerprint density at radius 3 is 2.61 bits per heavy atom. The first-order valence-electron chi connectivity index (χ1n) is 10.4. The van der Waals surface area contributed by atoms with Crippen molar-refractivity contribution in [3.05, 3.63) is 65.9 Å². The number of piperidine rings is 1. The van der Waals surface area contributed by atoms with Gasteiger partial charge in [0.2, 0.25) is 5.91 Å². The molecule has 0 N–H and O–H groups in total. The van der Waals surface area contributed by atoms with Gasteiger partial charge in [-0.05, 0) is 67.0 Å². The molecule has 1 amide bonds. The lowest BCUT2D eigenvalue weighted by Gasteiger charge is -2.29. The standard InChI is InChI=1S/C25H28N2O/c1-18-8-4-5-9-21(18)22-12-13-26-24-17-20(10-11-23(22)24)16-19(2)25(28)27-14-6-3-7-15-27/h4-5,8-13,17,19H,3,6-7,14-16H2,1-2H3/t19-/m0/s1. The summed E-state index contributed by atoms with van der Waals surface area (Å²) in [6.07, 6.45) is 6.18. The summed E-state index contributed by atoms with van der Waals surface area (Å²) < 4.78 is 0. The average Bonchev–Trinajstić information content (AvgIpc) is 2.73. The van der Waals surface area contributed by atoms with Crippen LogP contribution in [0.2, 0.25) is 0 Å². The van der Waals surface area contributed by atoms with E-state index in [2.05, 4.69) is 67.4 Å². The second-order valence-corrected chi connectivity index (χ2v) is 8.02. The first kappa shape index (κ1) is 18.7. The molecule has 2 heterocycles. The van der Waals surface area contributed by atoms with Gasteiger partial charge in [0.1, 0.15) is 0 Å². The first-order valence-corrected chi connectivity index (χ1v) is 10.4. The average molecular weight is 373 g/mol. The molecule has 4 rings (SSSR count). The number of likely N-dealkylation sites (tertiary alicyclic amines) is 1. The lowest BCUT2D eigenvalue weighted by atomic mass is 9.94. The molecular weight excluding hydrogens is 344 g/mol. The van der Waals surface area contributed by atoms with E-state index >= 15 is 0 Å². The van der Waals surface area contributed by atoms with Crippen molar-refractivity contribution in [3.8, 4) is 11.1 Å². The first-order chi connectivity index (χ1) is 13.6. The zero-order chi connectivity index (χ0) is 19.5. The van der Waals surface area contributed by atoms with E-state index in [1.807, 2.05) is 11.1 Å². The van der Waals surface area contributed by atoms with Crippen LogP contribution in [0.3, 0.4) is 0 Å². The maximum atomic E-state index is 12.8. The van der Waals surface area contributed by atoms with E-state index in [4.69, 9.17) is 0 Å². The molecule has 1 fully saturated rings. The van der Waals surface area contributed by atoms with Crippen molar-refractivity contribution >= 4 is 16.8 Å². The van der Waals surface area contributed by atoms with Crippen LogP contribution < -0.4 is 0 Å². The van der Waals surface area contributed by atoms with Gasteiger partial charge in [-0.3, -0.25) is 9.78 Å². The number of hydrogen-bond donors (Lipinski definition) is 0. The van der Waals surface area contributed by atoms with Gasteiger partial charge in [0.05, 0.1) is 5.52 Å². The Hall–Kier alpha value is -2.68. The van der Waals surface area contributed by atoms with Crippen molar-refractivity contribution < 1.29 is 4.79 Å². The predicted octanol–water partition coefficient (Wildman–Crippen LogP) is 5.40. The third-order valence-electron chi connectivity index (χ3n) is 5.87. The summed E-state index contributed by atoms with van der Waals surface area (Å²) in [6, 6.07) is 17.0. The number of hydrogen-bond acceptors (Lipinski definition) is 2. The van der Waals surface area contributed by atoms with E-state index in [1.165, 1.54) is 28.7 Å². The lowest BCUT2D eigenvalue weighted by Crippen LogP contribution is -2.39. The molecular formula is C25H28N2O. The Labute approximate surface area is 167 Å². The number of benzene rings is 2. The van der Waals surface area contributed by atoms with Gasteiger partial charge in [-0.15, -0.1) is 0 Å². The number of aromatic nitrogens is 1. The van der Waals surface area contributed by atoms with E-state index in [-0.39, 0.29) is 5.92 Å². The van der Waals surface area contributed by atoms with Crippen molar-refractivity contribution in [3.63, 3.8) is 0 Å². The molecule has 0 bridgehead atoms. The van der Waals surface area contributed by atoms with Gasteiger partial charge < -0.3 is 4.90 Å². The zero-order valence-corrected chi connectivity index (χ0v) is 16.8. The fourth-order valence-corrected chi connectivity index (χ4v) is 4.30. The van der Waals surface area contributed by atoms with Crippen molar-refractivity contribution in [1.82, 2.24) is 9.88 Å². The van der Waals surface area contributed by atoms with E-state index in [0.29, 0.717) is 5.91 Å². The highest BCUT2D eigenvalue weighted by atomic mass is 16.2. The summed E-state index contributed by atoms with van der Waals surface area (Å²) >= 11 is 0. The molecule has 1 atom stereocenters. The minimum atomic E-state index is 0.00935. The van der Waals surface area contributed by atoms with Gasteiger partial charge in [0.25, 0.3) is 0 Å². The van der Waals surface area contributed by atoms with Crippen LogP contribution in [0.25, 0.3) is 22.0 Å². The Morgan fingerprint density at radius 2 is 1.82 bits per heavy atom. The zero-order valence-electron chi connectivity index (χ0n) is 16.8. The van der Waals surface area contributed by atoms with Gasteiger partial charge >= 0.3 is 0 Å². The van der Waals surface area contributed by atoms with Crippen LogP contribution in [0.4, 0.5) is 0 Å². The van der Waals surface area contributed by atoms with Gasteiger partial charge in [0.15, 0.2) is 0 Å². The molecule has 0 saturated carbocycles. The number of carbonyl (C=O) groups is 1. The molecule has 28 heavy (non-hydrogen) atoms. The SMILES string of the molecule is Cc1ccccc1-c1ccnc2cc(C[C@H](C)C(=O)N3CCCCC3)ccc12. The fraction of sp³-hybridized carbons (Fsp3) is 0.360. The summed E-state index contributed by atoms with van der Waals surface area (Å²) in [4.78, 5) is 19.4. The summed E-state index contributed by atoms with van der Waals surface area (Å²) in [5.74, 6) is 0.302. The van der Waals surface area contributed by atoms with Gasteiger partial charge in [-0.25, -0.2) is 0 Å². The van der Waals surface area contributed by atoms with E-state index in [0.717, 1.165) is 43.3 Å². The monoisotopic (exact) mass is 372 g/mol. The third-order valence-corrected chi connectivity index (χ3v) is 5.87. The molecule has 144 valence electrons. The van der Waals surface area contributed by atoms with Gasteiger partial charge in [-0.1, -0.05) is 43.3 Å². The van der Waals surface area contributed by atoms with E-state index in [1.54, 1.807) is 0 Å². The van der Waals surface area contributed by atoms with Crippen LogP contribution in [0, 0.1) is 12.8 Å². The topological polar surface area (TPSA) is 33.2 Å². The Bertz CT molecular complexity index is 989. The maximum absolute atomic E-state index is 12.8. The van der Waals surface area contributed by atoms with Crippen LogP contribution in [-0.2, 0) is 11.2 Å². The van der Waals surface area contributed by atoms with Crippen LogP contribution in [0.1, 0.15) is 37.3 Å². The molecule has 2 aromatic carbocycles. The minimum absolute atomic E-state index is 0.00935.